The minimum atomic E-state index is -0.391. The Morgan fingerprint density at radius 3 is 2.63 bits per heavy atom. The van der Waals surface area contributed by atoms with Crippen molar-refractivity contribution in [2.45, 2.75) is 26.4 Å². The third kappa shape index (κ3) is 4.28. The molecule has 0 aliphatic rings. The van der Waals surface area contributed by atoms with E-state index in [0.717, 1.165) is 0 Å². The number of nitrogens with one attached hydrogen (secondary N) is 1. The first-order valence-corrected chi connectivity index (χ1v) is 8.67. The van der Waals surface area contributed by atoms with Crippen LogP contribution in [-0.2, 0) is 11.3 Å². The lowest BCUT2D eigenvalue weighted by Crippen LogP contribution is -2.36. The summed E-state index contributed by atoms with van der Waals surface area (Å²) in [4.78, 5) is 33.6. The summed E-state index contributed by atoms with van der Waals surface area (Å²) < 4.78 is 13.7. The van der Waals surface area contributed by atoms with Crippen molar-refractivity contribution >= 4 is 22.9 Å². The standard InChI is InChI=1S/C21H20FN3O2/c1-14(2)25(20(26)12-11-15-7-3-5-9-17(15)22)13-19-23-18-10-6-4-8-16(18)21(27)24-19/h3-12,14H,13H2,1-2H3,(H,23,24,27)/b12-11+. The number of hydrogen-bond donors (Lipinski definition) is 1. The SMILES string of the molecule is CC(C)N(Cc1nc2ccccc2c(=O)[nH]1)C(=O)/C=C/c1ccccc1F. The second-order valence-corrected chi connectivity index (χ2v) is 6.44. The van der Waals surface area contributed by atoms with Crippen LogP contribution in [-0.4, -0.2) is 26.8 Å². The molecule has 0 atom stereocenters. The molecule has 0 fully saturated rings. The molecule has 0 spiro atoms. The van der Waals surface area contributed by atoms with Crippen molar-refractivity contribution in [1.82, 2.24) is 14.9 Å². The van der Waals surface area contributed by atoms with Gasteiger partial charge in [0.15, 0.2) is 0 Å². The van der Waals surface area contributed by atoms with Gasteiger partial charge in [0.2, 0.25) is 5.91 Å². The number of H-pyrrole nitrogens is 1. The molecular formula is C21H20FN3O2. The number of aromatic amines is 1. The van der Waals surface area contributed by atoms with E-state index >= 15 is 0 Å². The summed E-state index contributed by atoms with van der Waals surface area (Å²) in [6.45, 7) is 3.89. The first-order chi connectivity index (χ1) is 13.0. The molecule has 0 aliphatic carbocycles. The quantitative estimate of drug-likeness (QED) is 0.704. The Morgan fingerprint density at radius 1 is 1.19 bits per heavy atom. The molecule has 0 saturated heterocycles. The zero-order valence-electron chi connectivity index (χ0n) is 15.1. The van der Waals surface area contributed by atoms with Crippen LogP contribution in [0.25, 0.3) is 17.0 Å². The molecule has 1 heterocycles. The van der Waals surface area contributed by atoms with Crippen LogP contribution in [0.3, 0.4) is 0 Å². The summed E-state index contributed by atoms with van der Waals surface area (Å²) in [5.41, 5.74) is 0.676. The lowest BCUT2D eigenvalue weighted by atomic mass is 10.2. The Bertz CT molecular complexity index is 1060. The van der Waals surface area contributed by atoms with Gasteiger partial charge in [-0.3, -0.25) is 9.59 Å². The first kappa shape index (κ1) is 18.5. The van der Waals surface area contributed by atoms with Crippen molar-refractivity contribution in [2.75, 3.05) is 0 Å². The predicted molar refractivity (Wildman–Crippen MR) is 103 cm³/mol. The fourth-order valence-electron chi connectivity index (χ4n) is 2.75. The van der Waals surface area contributed by atoms with Crippen molar-refractivity contribution in [1.29, 1.82) is 0 Å². The van der Waals surface area contributed by atoms with Crippen molar-refractivity contribution in [3.63, 3.8) is 0 Å². The third-order valence-corrected chi connectivity index (χ3v) is 4.20. The number of carbonyl (C=O) groups excluding carboxylic acids is 1. The Balaban J connectivity index is 1.85. The molecule has 0 saturated carbocycles. The van der Waals surface area contributed by atoms with Gasteiger partial charge < -0.3 is 9.88 Å². The molecule has 0 bridgehead atoms. The van der Waals surface area contributed by atoms with Crippen molar-refractivity contribution in [3.05, 3.63) is 82.2 Å². The number of rotatable bonds is 5. The van der Waals surface area contributed by atoms with Crippen molar-refractivity contribution in [3.8, 4) is 0 Å². The van der Waals surface area contributed by atoms with E-state index in [9.17, 15) is 14.0 Å². The molecule has 1 N–H and O–H groups in total. The summed E-state index contributed by atoms with van der Waals surface area (Å²) in [6.07, 6.45) is 2.78. The number of para-hydroxylation sites is 1. The highest BCUT2D eigenvalue weighted by molar-refractivity contribution is 5.92. The van der Waals surface area contributed by atoms with Crippen molar-refractivity contribution in [2.24, 2.45) is 0 Å². The molecule has 2 aromatic carbocycles. The number of benzene rings is 2. The van der Waals surface area contributed by atoms with Gasteiger partial charge in [-0.25, -0.2) is 9.37 Å². The van der Waals surface area contributed by atoms with Gasteiger partial charge in [-0.05, 0) is 38.1 Å². The number of fused-ring (bicyclic) bond motifs is 1. The minimum absolute atomic E-state index is 0.125. The Labute approximate surface area is 156 Å². The number of hydrogen-bond acceptors (Lipinski definition) is 3. The average molecular weight is 365 g/mol. The molecule has 138 valence electrons. The molecule has 6 heteroatoms. The van der Waals surface area contributed by atoms with Crippen molar-refractivity contribution < 1.29 is 9.18 Å². The van der Waals surface area contributed by atoms with E-state index in [2.05, 4.69) is 9.97 Å². The van der Waals surface area contributed by atoms with Gasteiger partial charge in [-0.1, -0.05) is 30.3 Å². The Hall–Kier alpha value is -3.28. The highest BCUT2D eigenvalue weighted by Crippen LogP contribution is 2.12. The molecule has 3 rings (SSSR count). The number of aromatic nitrogens is 2. The predicted octanol–water partition coefficient (Wildman–Crippen LogP) is 3.51. The minimum Gasteiger partial charge on any atom is -0.329 e. The van der Waals surface area contributed by atoms with Crippen LogP contribution in [0.2, 0.25) is 0 Å². The maximum Gasteiger partial charge on any atom is 0.258 e. The van der Waals surface area contributed by atoms with E-state index in [0.29, 0.717) is 22.3 Å². The van der Waals surface area contributed by atoms with E-state index in [-0.39, 0.29) is 24.1 Å². The lowest BCUT2D eigenvalue weighted by Gasteiger charge is -2.25. The van der Waals surface area contributed by atoms with Crippen LogP contribution in [0.15, 0.2) is 59.4 Å². The van der Waals surface area contributed by atoms with E-state index in [4.69, 9.17) is 0 Å². The van der Waals surface area contributed by atoms with E-state index in [1.54, 1.807) is 47.4 Å². The topological polar surface area (TPSA) is 66.1 Å². The second-order valence-electron chi connectivity index (χ2n) is 6.44. The highest BCUT2D eigenvalue weighted by Gasteiger charge is 2.17. The normalized spacial score (nSPS) is 11.4. The van der Waals surface area contributed by atoms with Crippen LogP contribution in [0.1, 0.15) is 25.2 Å². The Morgan fingerprint density at radius 2 is 1.89 bits per heavy atom. The van der Waals surface area contributed by atoms with Crippen LogP contribution in [0.5, 0.6) is 0 Å². The summed E-state index contributed by atoms with van der Waals surface area (Å²) in [5, 5.41) is 0.503. The number of nitrogens with zero attached hydrogens (tertiary/aromatic N) is 2. The molecule has 0 radical (unpaired) electrons. The molecule has 0 aliphatic heterocycles. The maximum absolute atomic E-state index is 13.7. The molecule has 1 amide bonds. The van der Waals surface area contributed by atoms with Gasteiger partial charge in [-0.2, -0.15) is 0 Å². The van der Waals surface area contributed by atoms with Gasteiger partial charge in [0, 0.05) is 17.7 Å². The average Bonchev–Trinajstić information content (AvgIpc) is 2.65. The largest absolute Gasteiger partial charge is 0.329 e. The summed E-state index contributed by atoms with van der Waals surface area (Å²) in [7, 11) is 0. The summed E-state index contributed by atoms with van der Waals surface area (Å²) in [6, 6.07) is 13.2. The molecule has 0 unspecified atom stereocenters. The zero-order valence-corrected chi connectivity index (χ0v) is 15.1. The molecule has 5 nitrogen and oxygen atoms in total. The molecule has 27 heavy (non-hydrogen) atoms. The fraction of sp³-hybridized carbons (Fsp3) is 0.190. The second kappa shape index (κ2) is 7.95. The smallest absolute Gasteiger partial charge is 0.258 e. The van der Waals surface area contributed by atoms with Gasteiger partial charge in [-0.15, -0.1) is 0 Å². The van der Waals surface area contributed by atoms with Gasteiger partial charge in [0.1, 0.15) is 11.6 Å². The van der Waals surface area contributed by atoms with Crippen LogP contribution in [0.4, 0.5) is 4.39 Å². The maximum atomic E-state index is 13.7. The molecular weight excluding hydrogens is 345 g/mol. The highest BCUT2D eigenvalue weighted by atomic mass is 19.1. The number of carbonyl (C=O) groups is 1. The van der Waals surface area contributed by atoms with E-state index in [1.807, 2.05) is 13.8 Å². The fourth-order valence-corrected chi connectivity index (χ4v) is 2.75. The van der Waals surface area contributed by atoms with E-state index in [1.165, 1.54) is 18.2 Å². The number of amides is 1. The van der Waals surface area contributed by atoms with Gasteiger partial charge >= 0.3 is 0 Å². The molecule has 1 aromatic heterocycles. The zero-order chi connectivity index (χ0) is 19.4. The number of halogens is 1. The molecule has 3 aromatic rings. The third-order valence-electron chi connectivity index (χ3n) is 4.20. The van der Waals surface area contributed by atoms with Crippen LogP contribution < -0.4 is 5.56 Å². The monoisotopic (exact) mass is 365 g/mol. The lowest BCUT2D eigenvalue weighted by molar-refractivity contribution is -0.128. The van der Waals surface area contributed by atoms with Crippen LogP contribution in [0, 0.1) is 5.82 Å². The van der Waals surface area contributed by atoms with E-state index < -0.39 is 5.82 Å². The van der Waals surface area contributed by atoms with Gasteiger partial charge in [0.05, 0.1) is 17.4 Å². The summed E-state index contributed by atoms with van der Waals surface area (Å²) >= 11 is 0. The summed E-state index contributed by atoms with van der Waals surface area (Å²) in [5.74, 6) is -0.276. The van der Waals surface area contributed by atoms with Gasteiger partial charge in [0.25, 0.3) is 5.56 Å². The van der Waals surface area contributed by atoms with Crippen LogP contribution >= 0.6 is 0 Å². The first-order valence-electron chi connectivity index (χ1n) is 8.67. The Kier molecular flexibility index (Phi) is 5.45.